The van der Waals surface area contributed by atoms with Crippen molar-refractivity contribution in [3.05, 3.63) is 23.8 Å². The summed E-state index contributed by atoms with van der Waals surface area (Å²) < 4.78 is 0. The normalized spacial score (nSPS) is 12.0. The Kier molecular flexibility index (Phi) is 10.6. The van der Waals surface area contributed by atoms with Gasteiger partial charge in [0, 0.05) is 6.54 Å². The summed E-state index contributed by atoms with van der Waals surface area (Å²) in [6, 6.07) is 4.10. The van der Waals surface area contributed by atoms with Crippen LogP contribution >= 0.6 is 0 Å². The minimum absolute atomic E-state index is 0.0875. The van der Waals surface area contributed by atoms with Gasteiger partial charge in [0.05, 0.1) is 16.9 Å². The number of rotatable bonds is 2. The standard InChI is InChI=1S/C8H11NO3.2C5H10O2/c9-4-8(12)5-1-2-6(10)7(11)3-5;2*1-5(2,3)4(6)7/h1-3,8,10-12H,4,9H2;2*1-3H3,(H,6,7)/t8-;;/m0../s1. The molecule has 0 amide bonds. The smallest absolute Gasteiger partial charge is 0.308 e. The molecule has 0 saturated heterocycles. The lowest BCUT2D eigenvalue weighted by Gasteiger charge is -2.08. The molecule has 1 rings (SSSR count). The van der Waals surface area contributed by atoms with Gasteiger partial charge in [-0.25, -0.2) is 0 Å². The summed E-state index contributed by atoms with van der Waals surface area (Å²) in [5, 5.41) is 43.7. The molecule has 0 aromatic heterocycles. The maximum atomic E-state index is 10.0. The van der Waals surface area contributed by atoms with Crippen LogP contribution in [0.4, 0.5) is 0 Å². The number of carbonyl (C=O) groups is 2. The van der Waals surface area contributed by atoms with E-state index in [9.17, 15) is 14.7 Å². The molecule has 8 nitrogen and oxygen atoms in total. The minimum Gasteiger partial charge on any atom is -0.504 e. The van der Waals surface area contributed by atoms with E-state index >= 15 is 0 Å². The molecule has 0 radical (unpaired) electrons. The highest BCUT2D eigenvalue weighted by atomic mass is 16.4. The zero-order valence-corrected chi connectivity index (χ0v) is 16.1. The van der Waals surface area contributed by atoms with Gasteiger partial charge in [0.1, 0.15) is 0 Å². The Morgan fingerprint density at radius 1 is 0.923 bits per heavy atom. The van der Waals surface area contributed by atoms with E-state index in [1.807, 2.05) is 0 Å². The molecule has 26 heavy (non-hydrogen) atoms. The maximum absolute atomic E-state index is 10.0. The second-order valence-electron chi connectivity index (χ2n) is 7.61. The minimum atomic E-state index is -0.795. The predicted octanol–water partition coefficient (Wildman–Crippen LogP) is 2.32. The van der Waals surface area contributed by atoms with E-state index in [0.29, 0.717) is 5.56 Å². The van der Waals surface area contributed by atoms with Crippen molar-refractivity contribution in [2.45, 2.75) is 47.6 Å². The van der Waals surface area contributed by atoms with E-state index in [-0.39, 0.29) is 18.0 Å². The van der Waals surface area contributed by atoms with Crippen LogP contribution in [0.25, 0.3) is 0 Å². The van der Waals surface area contributed by atoms with Crippen LogP contribution in [0.3, 0.4) is 0 Å². The number of aromatic hydroxyl groups is 2. The third-order valence-electron chi connectivity index (χ3n) is 2.89. The number of aliphatic hydroxyl groups is 1. The van der Waals surface area contributed by atoms with Crippen LogP contribution in [0.1, 0.15) is 53.2 Å². The van der Waals surface area contributed by atoms with Crippen molar-refractivity contribution in [1.82, 2.24) is 0 Å². The first-order valence-electron chi connectivity index (χ1n) is 7.90. The molecule has 0 aliphatic heterocycles. The van der Waals surface area contributed by atoms with Crippen LogP contribution < -0.4 is 5.73 Å². The summed E-state index contributed by atoms with van der Waals surface area (Å²) in [5.41, 5.74) is 4.52. The number of hydrogen-bond acceptors (Lipinski definition) is 6. The summed E-state index contributed by atoms with van der Waals surface area (Å²) in [5.74, 6) is -1.97. The average Bonchev–Trinajstić information content (AvgIpc) is 2.48. The highest BCUT2D eigenvalue weighted by molar-refractivity contribution is 5.73. The molecule has 0 aliphatic rings. The molecule has 0 spiro atoms. The predicted molar refractivity (Wildman–Crippen MR) is 98.0 cm³/mol. The molecule has 0 unspecified atom stereocenters. The van der Waals surface area contributed by atoms with Gasteiger partial charge >= 0.3 is 11.9 Å². The molecule has 0 saturated carbocycles. The van der Waals surface area contributed by atoms with Crippen molar-refractivity contribution in [2.24, 2.45) is 16.6 Å². The molecule has 7 N–H and O–H groups in total. The number of phenols is 2. The summed E-state index contributed by atoms with van der Waals surface area (Å²) >= 11 is 0. The van der Waals surface area contributed by atoms with Crippen LogP contribution in [0, 0.1) is 10.8 Å². The van der Waals surface area contributed by atoms with Crippen LogP contribution in [-0.2, 0) is 9.59 Å². The summed E-state index contributed by atoms with van der Waals surface area (Å²) in [4.78, 5) is 20.0. The lowest BCUT2D eigenvalue weighted by atomic mass is 9.98. The van der Waals surface area contributed by atoms with Gasteiger partial charge in [-0.15, -0.1) is 0 Å². The first kappa shape index (κ1) is 25.9. The second kappa shape index (κ2) is 10.6. The fourth-order valence-electron chi connectivity index (χ4n) is 0.884. The third-order valence-corrected chi connectivity index (χ3v) is 2.89. The zero-order valence-electron chi connectivity index (χ0n) is 16.1. The van der Waals surface area contributed by atoms with Crippen molar-refractivity contribution in [2.75, 3.05) is 6.54 Å². The molecular weight excluding hydrogens is 342 g/mol. The van der Waals surface area contributed by atoms with Crippen molar-refractivity contribution < 1.29 is 35.1 Å². The van der Waals surface area contributed by atoms with Gasteiger partial charge in [-0.3, -0.25) is 9.59 Å². The lowest BCUT2D eigenvalue weighted by Crippen LogP contribution is -2.18. The van der Waals surface area contributed by atoms with E-state index in [2.05, 4.69) is 0 Å². The molecule has 0 fully saturated rings. The highest BCUT2D eigenvalue weighted by Crippen LogP contribution is 2.27. The SMILES string of the molecule is CC(C)(C)C(=O)O.CC(C)(C)C(=O)O.NC[C@H](O)c1ccc(O)c(O)c1. The molecule has 0 aliphatic carbocycles. The maximum Gasteiger partial charge on any atom is 0.308 e. The van der Waals surface area contributed by atoms with Crippen molar-refractivity contribution in [3.63, 3.8) is 0 Å². The molecule has 8 heteroatoms. The first-order valence-corrected chi connectivity index (χ1v) is 7.90. The van der Waals surface area contributed by atoms with Crippen molar-refractivity contribution in [1.29, 1.82) is 0 Å². The molecular formula is C18H31NO7. The van der Waals surface area contributed by atoms with Gasteiger partial charge in [0.15, 0.2) is 11.5 Å². The van der Waals surface area contributed by atoms with Gasteiger partial charge < -0.3 is 31.3 Å². The second-order valence-corrected chi connectivity index (χ2v) is 7.61. The van der Waals surface area contributed by atoms with Gasteiger partial charge in [-0.2, -0.15) is 0 Å². The largest absolute Gasteiger partial charge is 0.504 e. The van der Waals surface area contributed by atoms with Crippen molar-refractivity contribution in [3.8, 4) is 11.5 Å². The Morgan fingerprint density at radius 3 is 1.50 bits per heavy atom. The van der Waals surface area contributed by atoms with Crippen LogP contribution in [0.5, 0.6) is 11.5 Å². The monoisotopic (exact) mass is 373 g/mol. The van der Waals surface area contributed by atoms with E-state index < -0.39 is 28.9 Å². The fraction of sp³-hybridized carbons (Fsp3) is 0.556. The Hall–Kier alpha value is -2.32. The Bertz CT molecular complexity index is 562. The number of carboxylic acid groups (broad SMARTS) is 2. The molecule has 150 valence electrons. The molecule has 1 aromatic carbocycles. The Balaban J connectivity index is 0. The molecule has 1 aromatic rings. The highest BCUT2D eigenvalue weighted by Gasteiger charge is 2.19. The molecule has 0 bridgehead atoms. The Morgan fingerprint density at radius 2 is 1.27 bits per heavy atom. The Labute approximate surface area is 153 Å². The molecule has 1 atom stereocenters. The van der Waals surface area contributed by atoms with Gasteiger partial charge in [0.25, 0.3) is 0 Å². The number of hydrogen-bond donors (Lipinski definition) is 6. The quantitative estimate of drug-likeness (QED) is 0.430. The number of aliphatic carboxylic acids is 2. The zero-order chi connectivity index (χ0) is 21.3. The van der Waals surface area contributed by atoms with Crippen molar-refractivity contribution >= 4 is 11.9 Å². The van der Waals surface area contributed by atoms with E-state index in [1.54, 1.807) is 41.5 Å². The van der Waals surface area contributed by atoms with Crippen LogP contribution in [0.15, 0.2) is 18.2 Å². The lowest BCUT2D eigenvalue weighted by molar-refractivity contribution is -0.146. The van der Waals surface area contributed by atoms with Crippen LogP contribution in [-0.4, -0.2) is 44.0 Å². The van der Waals surface area contributed by atoms with E-state index in [1.165, 1.54) is 18.2 Å². The number of phenolic OH excluding ortho intramolecular Hbond substituents is 2. The fourth-order valence-corrected chi connectivity index (χ4v) is 0.884. The van der Waals surface area contributed by atoms with Gasteiger partial charge in [-0.05, 0) is 59.2 Å². The summed E-state index contributed by atoms with van der Waals surface area (Å²) in [7, 11) is 0. The van der Waals surface area contributed by atoms with Crippen LogP contribution in [0.2, 0.25) is 0 Å². The first-order chi connectivity index (χ1) is 11.5. The van der Waals surface area contributed by atoms with Gasteiger partial charge in [0.2, 0.25) is 0 Å². The number of carboxylic acids is 2. The number of aliphatic hydroxyl groups excluding tert-OH is 1. The topological polar surface area (TPSA) is 161 Å². The molecule has 0 heterocycles. The van der Waals surface area contributed by atoms with E-state index in [0.717, 1.165) is 0 Å². The van der Waals surface area contributed by atoms with Gasteiger partial charge in [-0.1, -0.05) is 6.07 Å². The summed E-state index contributed by atoms with van der Waals surface area (Å²) in [6.45, 7) is 10.1. The average molecular weight is 373 g/mol. The third kappa shape index (κ3) is 11.3. The number of benzene rings is 1. The summed E-state index contributed by atoms with van der Waals surface area (Å²) in [6.07, 6.45) is -0.795. The van der Waals surface area contributed by atoms with E-state index in [4.69, 9.17) is 26.2 Å². The number of nitrogens with two attached hydrogens (primary N) is 1.